The Hall–Kier alpha value is -0.800. The third kappa shape index (κ3) is 1.70. The summed E-state index contributed by atoms with van der Waals surface area (Å²) >= 11 is 9.25. The van der Waals surface area contributed by atoms with E-state index >= 15 is 0 Å². The largest absolute Gasteiger partial charge is 0.318 e. The molecule has 0 aliphatic heterocycles. The lowest BCUT2D eigenvalue weighted by atomic mass is 10.2. The molecule has 0 N–H and O–H groups in total. The quantitative estimate of drug-likeness (QED) is 0.776. The smallest absolute Gasteiger partial charge is 0.202 e. The summed E-state index contributed by atoms with van der Waals surface area (Å²) in [7, 11) is 1.90. The molecule has 2 nitrogen and oxygen atoms in total. The van der Waals surface area contributed by atoms with E-state index in [4.69, 9.17) is 11.6 Å². The van der Waals surface area contributed by atoms with Gasteiger partial charge in [-0.2, -0.15) is 0 Å². The SMILES string of the molecule is Cn1c(-c2ccc(Br)cc2)cnc1Cl. The lowest BCUT2D eigenvalue weighted by Crippen LogP contribution is -1.90. The molecule has 14 heavy (non-hydrogen) atoms. The first-order chi connectivity index (χ1) is 6.68. The molecule has 0 unspecified atom stereocenters. The van der Waals surface area contributed by atoms with Crippen molar-refractivity contribution < 1.29 is 0 Å². The molecule has 0 saturated heterocycles. The zero-order valence-corrected chi connectivity index (χ0v) is 9.88. The molecule has 0 aliphatic rings. The molecule has 0 atom stereocenters. The predicted octanol–water partition coefficient (Wildman–Crippen LogP) is 3.50. The number of halogens is 2. The van der Waals surface area contributed by atoms with Gasteiger partial charge in [-0.05, 0) is 29.3 Å². The Bertz CT molecular complexity index is 448. The van der Waals surface area contributed by atoms with Gasteiger partial charge < -0.3 is 4.57 Å². The molecular formula is C10H8BrClN2. The van der Waals surface area contributed by atoms with Gasteiger partial charge in [-0.3, -0.25) is 0 Å². The van der Waals surface area contributed by atoms with E-state index in [0.29, 0.717) is 5.28 Å². The van der Waals surface area contributed by atoms with Crippen LogP contribution in [0.1, 0.15) is 0 Å². The van der Waals surface area contributed by atoms with Crippen LogP contribution in [0.3, 0.4) is 0 Å². The highest BCUT2D eigenvalue weighted by Crippen LogP contribution is 2.23. The lowest BCUT2D eigenvalue weighted by Gasteiger charge is -2.02. The fourth-order valence-electron chi connectivity index (χ4n) is 1.28. The van der Waals surface area contributed by atoms with Crippen molar-refractivity contribution in [2.75, 3.05) is 0 Å². The van der Waals surface area contributed by atoms with E-state index < -0.39 is 0 Å². The third-order valence-corrected chi connectivity index (χ3v) is 2.95. The highest BCUT2D eigenvalue weighted by Gasteiger charge is 2.05. The highest BCUT2D eigenvalue weighted by atomic mass is 79.9. The topological polar surface area (TPSA) is 17.8 Å². The Morgan fingerprint density at radius 2 is 1.93 bits per heavy atom. The number of imidazole rings is 1. The summed E-state index contributed by atoms with van der Waals surface area (Å²) in [6.45, 7) is 0. The molecule has 0 aliphatic carbocycles. The zero-order chi connectivity index (χ0) is 10.1. The fraction of sp³-hybridized carbons (Fsp3) is 0.100. The molecule has 1 heterocycles. The predicted molar refractivity (Wildman–Crippen MR) is 61.4 cm³/mol. The molecule has 0 radical (unpaired) electrons. The molecule has 2 rings (SSSR count). The van der Waals surface area contributed by atoms with E-state index in [1.165, 1.54) is 0 Å². The van der Waals surface area contributed by atoms with Crippen molar-refractivity contribution >= 4 is 27.5 Å². The summed E-state index contributed by atoms with van der Waals surface area (Å²) in [4.78, 5) is 4.03. The molecular weight excluding hydrogens is 263 g/mol. The summed E-state index contributed by atoms with van der Waals surface area (Å²) in [6.07, 6.45) is 1.77. The van der Waals surface area contributed by atoms with Crippen LogP contribution in [-0.2, 0) is 7.05 Å². The molecule has 0 bridgehead atoms. The van der Waals surface area contributed by atoms with Gasteiger partial charge in [-0.1, -0.05) is 28.1 Å². The minimum absolute atomic E-state index is 0.503. The third-order valence-electron chi connectivity index (χ3n) is 2.07. The number of nitrogens with zero attached hydrogens (tertiary/aromatic N) is 2. The summed E-state index contributed by atoms with van der Waals surface area (Å²) in [5.41, 5.74) is 2.12. The van der Waals surface area contributed by atoms with Crippen molar-refractivity contribution in [1.29, 1.82) is 0 Å². The van der Waals surface area contributed by atoms with Gasteiger partial charge in [0.25, 0.3) is 0 Å². The Morgan fingerprint density at radius 3 is 2.43 bits per heavy atom. The second-order valence-electron chi connectivity index (χ2n) is 2.98. The molecule has 0 fully saturated rings. The van der Waals surface area contributed by atoms with Crippen molar-refractivity contribution in [3.63, 3.8) is 0 Å². The standard InChI is InChI=1S/C10H8BrClN2/c1-14-9(6-13-10(14)12)7-2-4-8(11)5-3-7/h2-6H,1H3. The van der Waals surface area contributed by atoms with Gasteiger partial charge in [-0.25, -0.2) is 4.98 Å². The fourth-order valence-corrected chi connectivity index (χ4v) is 1.68. The zero-order valence-electron chi connectivity index (χ0n) is 7.54. The lowest BCUT2D eigenvalue weighted by molar-refractivity contribution is 0.922. The van der Waals surface area contributed by atoms with Crippen molar-refractivity contribution in [2.24, 2.45) is 7.05 Å². The Kier molecular flexibility index (Phi) is 2.61. The van der Waals surface area contributed by atoms with E-state index in [1.807, 2.05) is 35.9 Å². The first kappa shape index (κ1) is 9.74. The summed E-state index contributed by atoms with van der Waals surface area (Å²) in [6, 6.07) is 8.04. The van der Waals surface area contributed by atoms with Gasteiger partial charge in [0, 0.05) is 11.5 Å². The van der Waals surface area contributed by atoms with E-state index in [-0.39, 0.29) is 0 Å². The van der Waals surface area contributed by atoms with Crippen molar-refractivity contribution in [3.8, 4) is 11.3 Å². The molecule has 72 valence electrons. The van der Waals surface area contributed by atoms with Crippen molar-refractivity contribution in [3.05, 3.63) is 40.2 Å². The molecule has 1 aromatic carbocycles. The average molecular weight is 272 g/mol. The van der Waals surface area contributed by atoms with E-state index in [2.05, 4.69) is 20.9 Å². The second kappa shape index (κ2) is 3.75. The van der Waals surface area contributed by atoms with Gasteiger partial charge >= 0.3 is 0 Å². The van der Waals surface area contributed by atoms with Gasteiger partial charge in [0.1, 0.15) is 0 Å². The van der Waals surface area contributed by atoms with Crippen LogP contribution < -0.4 is 0 Å². The molecule has 0 saturated carbocycles. The number of benzene rings is 1. The Morgan fingerprint density at radius 1 is 1.29 bits per heavy atom. The Balaban J connectivity index is 2.49. The van der Waals surface area contributed by atoms with Crippen LogP contribution in [0.4, 0.5) is 0 Å². The minimum Gasteiger partial charge on any atom is -0.318 e. The van der Waals surface area contributed by atoms with Crippen LogP contribution in [-0.4, -0.2) is 9.55 Å². The summed E-state index contributed by atoms with van der Waals surface area (Å²) < 4.78 is 2.92. The Labute approximate surface area is 95.7 Å². The number of aromatic nitrogens is 2. The van der Waals surface area contributed by atoms with Crippen LogP contribution in [0.15, 0.2) is 34.9 Å². The molecule has 0 spiro atoms. The minimum atomic E-state index is 0.503. The van der Waals surface area contributed by atoms with Gasteiger partial charge in [0.05, 0.1) is 11.9 Å². The van der Waals surface area contributed by atoms with Crippen LogP contribution in [0.5, 0.6) is 0 Å². The maximum Gasteiger partial charge on any atom is 0.202 e. The van der Waals surface area contributed by atoms with Crippen LogP contribution in [0.2, 0.25) is 5.28 Å². The van der Waals surface area contributed by atoms with Crippen molar-refractivity contribution in [1.82, 2.24) is 9.55 Å². The van der Waals surface area contributed by atoms with E-state index in [1.54, 1.807) is 6.20 Å². The second-order valence-corrected chi connectivity index (χ2v) is 4.23. The van der Waals surface area contributed by atoms with Crippen molar-refractivity contribution in [2.45, 2.75) is 0 Å². The van der Waals surface area contributed by atoms with E-state index in [0.717, 1.165) is 15.7 Å². The molecule has 4 heteroatoms. The monoisotopic (exact) mass is 270 g/mol. The highest BCUT2D eigenvalue weighted by molar-refractivity contribution is 9.10. The van der Waals surface area contributed by atoms with Gasteiger partial charge in [0.2, 0.25) is 5.28 Å². The number of rotatable bonds is 1. The molecule has 1 aromatic heterocycles. The summed E-state index contributed by atoms with van der Waals surface area (Å²) in [5, 5.41) is 0.503. The normalized spacial score (nSPS) is 10.5. The van der Waals surface area contributed by atoms with Crippen LogP contribution in [0, 0.1) is 0 Å². The van der Waals surface area contributed by atoms with Crippen LogP contribution in [0.25, 0.3) is 11.3 Å². The maximum atomic E-state index is 5.85. The molecule has 2 aromatic rings. The summed E-state index contributed by atoms with van der Waals surface area (Å²) in [5.74, 6) is 0. The van der Waals surface area contributed by atoms with Crippen LogP contribution >= 0.6 is 27.5 Å². The first-order valence-corrected chi connectivity index (χ1v) is 5.29. The molecule has 0 amide bonds. The van der Waals surface area contributed by atoms with E-state index in [9.17, 15) is 0 Å². The maximum absolute atomic E-state index is 5.85. The van der Waals surface area contributed by atoms with Gasteiger partial charge in [0.15, 0.2) is 0 Å². The van der Waals surface area contributed by atoms with Gasteiger partial charge in [-0.15, -0.1) is 0 Å². The average Bonchev–Trinajstić information content (AvgIpc) is 2.50. The first-order valence-electron chi connectivity index (χ1n) is 4.11. The number of hydrogen-bond donors (Lipinski definition) is 0. The number of hydrogen-bond acceptors (Lipinski definition) is 1.